The monoisotopic (exact) mass is 562 g/mol. The molecule has 2 aliphatic heterocycles. The summed E-state index contributed by atoms with van der Waals surface area (Å²) in [6.45, 7) is 12.2. The Balaban J connectivity index is 0.00000363. The van der Waals surface area contributed by atoms with Gasteiger partial charge in [-0.1, -0.05) is 6.92 Å². The summed E-state index contributed by atoms with van der Waals surface area (Å²) >= 11 is 0. The summed E-state index contributed by atoms with van der Waals surface area (Å²) in [4.78, 5) is 9.98. The van der Waals surface area contributed by atoms with Crippen molar-refractivity contribution in [2.45, 2.75) is 64.6 Å². The first kappa shape index (κ1) is 27.3. The van der Waals surface area contributed by atoms with Crippen LogP contribution < -0.4 is 10.6 Å². The molecule has 0 spiro atoms. The summed E-state index contributed by atoms with van der Waals surface area (Å²) in [6.07, 6.45) is 5.94. The molecule has 0 aromatic carbocycles. The highest BCUT2D eigenvalue weighted by molar-refractivity contribution is 14.0. The molecule has 1 unspecified atom stereocenters. The summed E-state index contributed by atoms with van der Waals surface area (Å²) in [5.41, 5.74) is 0. The van der Waals surface area contributed by atoms with Crippen LogP contribution in [-0.2, 0) is 18.3 Å². The predicted octanol–water partition coefficient (Wildman–Crippen LogP) is 1.76. The van der Waals surface area contributed by atoms with Crippen LogP contribution in [0.15, 0.2) is 4.99 Å². The van der Waals surface area contributed by atoms with E-state index in [4.69, 9.17) is 9.73 Å². The first-order valence-corrected chi connectivity index (χ1v) is 12.0. The molecule has 1 aromatic rings. The largest absolute Gasteiger partial charge is 0.385 e. The summed E-state index contributed by atoms with van der Waals surface area (Å²) in [6, 6.07) is 1.05. The van der Waals surface area contributed by atoms with Crippen LogP contribution in [0.2, 0.25) is 0 Å². The summed E-state index contributed by atoms with van der Waals surface area (Å²) in [7, 11) is 3.77. The standard InChI is InChI=1S/C22H42N8O.HI/c1-5-30-12-6-8-20(30)16-23-22(24-17-21-27-26-18(2)28(21)3)25-19-9-13-29(14-10-19)11-7-15-31-4;/h19-20H,5-17H2,1-4H3,(H2,23,24,25);1H. The van der Waals surface area contributed by atoms with Crippen LogP contribution in [0.3, 0.4) is 0 Å². The number of piperidine rings is 1. The Morgan fingerprint density at radius 1 is 1.19 bits per heavy atom. The van der Waals surface area contributed by atoms with E-state index in [0.717, 1.165) is 76.2 Å². The van der Waals surface area contributed by atoms with Crippen molar-refractivity contribution >= 4 is 29.9 Å². The Morgan fingerprint density at radius 3 is 2.62 bits per heavy atom. The van der Waals surface area contributed by atoms with Crippen molar-refractivity contribution in [3.63, 3.8) is 0 Å². The average molecular weight is 563 g/mol. The molecule has 2 N–H and O–H groups in total. The van der Waals surface area contributed by atoms with Crippen molar-refractivity contribution in [2.24, 2.45) is 12.0 Å². The molecule has 0 aliphatic carbocycles. The molecule has 9 nitrogen and oxygen atoms in total. The molecular weight excluding hydrogens is 519 g/mol. The maximum atomic E-state index is 5.19. The fourth-order valence-corrected chi connectivity index (χ4v) is 4.57. The number of aromatic nitrogens is 3. The maximum Gasteiger partial charge on any atom is 0.191 e. The van der Waals surface area contributed by atoms with Gasteiger partial charge in [0.05, 0.1) is 0 Å². The third-order valence-corrected chi connectivity index (χ3v) is 6.72. The number of aryl methyl sites for hydroxylation is 1. The quantitative estimate of drug-likeness (QED) is 0.195. The van der Waals surface area contributed by atoms with Crippen LogP contribution in [0.1, 0.15) is 50.7 Å². The van der Waals surface area contributed by atoms with Gasteiger partial charge in [-0.15, -0.1) is 34.2 Å². The molecular formula is C22H43IN8O. The van der Waals surface area contributed by atoms with E-state index in [2.05, 4.69) is 37.6 Å². The van der Waals surface area contributed by atoms with Gasteiger partial charge in [-0.3, -0.25) is 4.90 Å². The molecule has 2 saturated heterocycles. The Kier molecular flexibility index (Phi) is 12.2. The molecule has 0 radical (unpaired) electrons. The third kappa shape index (κ3) is 8.11. The summed E-state index contributed by atoms with van der Waals surface area (Å²) in [5, 5.41) is 15.8. The van der Waals surface area contributed by atoms with Crippen LogP contribution >= 0.6 is 24.0 Å². The van der Waals surface area contributed by atoms with Crippen molar-refractivity contribution in [1.29, 1.82) is 0 Å². The number of nitrogens with one attached hydrogen (secondary N) is 2. The van der Waals surface area contributed by atoms with Gasteiger partial charge in [0.2, 0.25) is 0 Å². The van der Waals surface area contributed by atoms with Gasteiger partial charge in [0.15, 0.2) is 11.8 Å². The lowest BCUT2D eigenvalue weighted by Crippen LogP contribution is -2.51. The lowest BCUT2D eigenvalue weighted by Gasteiger charge is -2.33. The number of methoxy groups -OCH3 is 1. The zero-order chi connectivity index (χ0) is 22.1. The number of hydrogen-bond acceptors (Lipinski definition) is 6. The number of ether oxygens (including phenoxy) is 1. The van der Waals surface area contributed by atoms with Gasteiger partial charge in [-0.05, 0) is 52.1 Å². The minimum absolute atomic E-state index is 0. The number of rotatable bonds is 10. The second kappa shape index (κ2) is 14.3. The molecule has 2 fully saturated rings. The molecule has 3 rings (SSSR count). The Hall–Kier alpha value is -0.980. The van der Waals surface area contributed by atoms with Gasteiger partial charge in [0.25, 0.3) is 0 Å². The van der Waals surface area contributed by atoms with Crippen molar-refractivity contribution in [1.82, 2.24) is 35.2 Å². The van der Waals surface area contributed by atoms with E-state index in [0.29, 0.717) is 18.6 Å². The molecule has 1 aromatic heterocycles. The number of halogens is 1. The smallest absolute Gasteiger partial charge is 0.191 e. The summed E-state index contributed by atoms with van der Waals surface area (Å²) < 4.78 is 7.20. The first-order valence-electron chi connectivity index (χ1n) is 12.0. The van der Waals surface area contributed by atoms with E-state index in [1.165, 1.54) is 19.4 Å². The third-order valence-electron chi connectivity index (χ3n) is 6.72. The van der Waals surface area contributed by atoms with Crippen LogP contribution in [-0.4, -0.2) is 95.6 Å². The number of likely N-dealkylation sites (tertiary alicyclic amines) is 2. The van der Waals surface area contributed by atoms with Gasteiger partial charge < -0.3 is 24.8 Å². The lowest BCUT2D eigenvalue weighted by molar-refractivity contribution is 0.155. The zero-order valence-corrected chi connectivity index (χ0v) is 22.7. The minimum Gasteiger partial charge on any atom is -0.385 e. The molecule has 1 atom stereocenters. The zero-order valence-electron chi connectivity index (χ0n) is 20.3. The number of aliphatic imine (C=N–C) groups is 1. The van der Waals surface area contributed by atoms with Crippen molar-refractivity contribution in [2.75, 3.05) is 53.0 Å². The topological polar surface area (TPSA) is 82.8 Å². The van der Waals surface area contributed by atoms with Crippen LogP contribution in [0.5, 0.6) is 0 Å². The van der Waals surface area contributed by atoms with Gasteiger partial charge >= 0.3 is 0 Å². The molecule has 32 heavy (non-hydrogen) atoms. The molecule has 184 valence electrons. The Morgan fingerprint density at radius 2 is 1.97 bits per heavy atom. The molecule has 0 saturated carbocycles. The number of likely N-dealkylation sites (N-methyl/N-ethyl adjacent to an activating group) is 1. The Bertz CT molecular complexity index is 689. The van der Waals surface area contributed by atoms with E-state index in [1.54, 1.807) is 7.11 Å². The van der Waals surface area contributed by atoms with Gasteiger partial charge in [0, 0.05) is 59.0 Å². The second-order valence-corrected chi connectivity index (χ2v) is 8.80. The van der Waals surface area contributed by atoms with E-state index < -0.39 is 0 Å². The number of nitrogens with zero attached hydrogens (tertiary/aromatic N) is 6. The van der Waals surface area contributed by atoms with Crippen LogP contribution in [0.4, 0.5) is 0 Å². The molecule has 0 bridgehead atoms. The first-order chi connectivity index (χ1) is 15.1. The predicted molar refractivity (Wildman–Crippen MR) is 140 cm³/mol. The van der Waals surface area contributed by atoms with E-state index in [9.17, 15) is 0 Å². The maximum absolute atomic E-state index is 5.19. The highest BCUT2D eigenvalue weighted by Gasteiger charge is 2.24. The molecule has 0 amide bonds. The molecule has 2 aliphatic rings. The summed E-state index contributed by atoms with van der Waals surface area (Å²) in [5.74, 6) is 2.71. The van der Waals surface area contributed by atoms with Gasteiger partial charge in [-0.25, -0.2) is 4.99 Å². The van der Waals surface area contributed by atoms with E-state index in [-0.39, 0.29) is 24.0 Å². The molecule has 3 heterocycles. The van der Waals surface area contributed by atoms with Crippen molar-refractivity contribution in [3.8, 4) is 0 Å². The SMILES string of the molecule is CCN1CCCC1CNC(=NCc1nnc(C)n1C)NC1CCN(CCCOC)CC1.I. The normalized spacial score (nSPS) is 21.0. The Labute approximate surface area is 210 Å². The fraction of sp³-hybridized carbons (Fsp3) is 0.864. The van der Waals surface area contributed by atoms with Crippen molar-refractivity contribution in [3.05, 3.63) is 11.6 Å². The minimum atomic E-state index is 0. The van der Waals surface area contributed by atoms with E-state index >= 15 is 0 Å². The average Bonchev–Trinajstić information content (AvgIpc) is 3.37. The van der Waals surface area contributed by atoms with Crippen LogP contribution in [0, 0.1) is 6.92 Å². The van der Waals surface area contributed by atoms with Gasteiger partial charge in [-0.2, -0.15) is 0 Å². The number of guanidine groups is 1. The van der Waals surface area contributed by atoms with Gasteiger partial charge in [0.1, 0.15) is 12.4 Å². The highest BCUT2D eigenvalue weighted by Crippen LogP contribution is 2.16. The van der Waals surface area contributed by atoms with E-state index in [1.807, 2.05) is 18.5 Å². The second-order valence-electron chi connectivity index (χ2n) is 8.80. The highest BCUT2D eigenvalue weighted by atomic mass is 127. The molecule has 10 heteroatoms. The fourth-order valence-electron chi connectivity index (χ4n) is 4.57. The van der Waals surface area contributed by atoms with Crippen molar-refractivity contribution < 1.29 is 4.74 Å². The lowest BCUT2D eigenvalue weighted by atomic mass is 10.1. The number of hydrogen-bond donors (Lipinski definition) is 2. The van der Waals surface area contributed by atoms with Crippen LogP contribution in [0.25, 0.3) is 0 Å².